The molecule has 0 spiro atoms. The van der Waals surface area contributed by atoms with E-state index in [1.54, 1.807) is 6.07 Å². The standard InChI is InChI=1S/C19H26N2O2/c1-23-19(22)17(11-15-8-5-9-16(10-15)13-20)18(21)12-14-6-3-2-4-7-14/h5,8-10,14,17-18H,2-4,6-7,11-12,21H2,1H3. The lowest BCUT2D eigenvalue weighted by molar-refractivity contribution is -0.146. The summed E-state index contributed by atoms with van der Waals surface area (Å²) in [5.74, 6) is 0.0166. The van der Waals surface area contributed by atoms with Crippen LogP contribution in [0.5, 0.6) is 0 Å². The van der Waals surface area contributed by atoms with E-state index < -0.39 is 0 Å². The molecule has 23 heavy (non-hydrogen) atoms. The second kappa shape index (κ2) is 8.69. The number of carbonyl (C=O) groups excluding carboxylic acids is 1. The highest BCUT2D eigenvalue weighted by molar-refractivity contribution is 5.73. The molecule has 124 valence electrons. The molecule has 1 aliphatic carbocycles. The Labute approximate surface area is 138 Å². The summed E-state index contributed by atoms with van der Waals surface area (Å²) in [5.41, 5.74) is 7.94. The molecule has 2 rings (SSSR count). The van der Waals surface area contributed by atoms with Crippen LogP contribution in [0.4, 0.5) is 0 Å². The first kappa shape index (κ1) is 17.5. The third kappa shape index (κ3) is 5.07. The first-order valence-electron chi connectivity index (χ1n) is 8.46. The van der Waals surface area contributed by atoms with Crippen molar-refractivity contribution in [2.45, 2.75) is 51.0 Å². The van der Waals surface area contributed by atoms with Crippen LogP contribution in [0.25, 0.3) is 0 Å². The van der Waals surface area contributed by atoms with Gasteiger partial charge in [-0.25, -0.2) is 0 Å². The Hall–Kier alpha value is -1.86. The zero-order valence-electron chi connectivity index (χ0n) is 13.8. The maximum atomic E-state index is 12.2. The third-order valence-corrected chi connectivity index (χ3v) is 4.86. The number of nitrogens with two attached hydrogens (primary N) is 1. The van der Waals surface area contributed by atoms with Crippen molar-refractivity contribution < 1.29 is 9.53 Å². The minimum Gasteiger partial charge on any atom is -0.469 e. The van der Waals surface area contributed by atoms with E-state index in [4.69, 9.17) is 15.7 Å². The summed E-state index contributed by atoms with van der Waals surface area (Å²) in [7, 11) is 1.41. The molecule has 0 aliphatic heterocycles. The van der Waals surface area contributed by atoms with Crippen LogP contribution in [-0.2, 0) is 16.0 Å². The first-order chi connectivity index (χ1) is 11.1. The van der Waals surface area contributed by atoms with E-state index >= 15 is 0 Å². The van der Waals surface area contributed by atoms with E-state index in [1.807, 2.05) is 18.2 Å². The van der Waals surface area contributed by atoms with Crippen LogP contribution >= 0.6 is 0 Å². The van der Waals surface area contributed by atoms with Crippen molar-refractivity contribution in [1.29, 1.82) is 5.26 Å². The lowest BCUT2D eigenvalue weighted by Crippen LogP contribution is -2.39. The molecule has 0 aromatic heterocycles. The highest BCUT2D eigenvalue weighted by Crippen LogP contribution is 2.29. The zero-order chi connectivity index (χ0) is 16.7. The van der Waals surface area contributed by atoms with E-state index in [9.17, 15) is 4.79 Å². The zero-order valence-corrected chi connectivity index (χ0v) is 13.8. The summed E-state index contributed by atoms with van der Waals surface area (Å²) in [6.45, 7) is 0. The number of nitriles is 1. The molecule has 2 atom stereocenters. The summed E-state index contributed by atoms with van der Waals surface area (Å²) < 4.78 is 4.97. The molecule has 1 saturated carbocycles. The summed E-state index contributed by atoms with van der Waals surface area (Å²) in [5, 5.41) is 9.01. The molecule has 0 amide bonds. The molecule has 1 aliphatic rings. The summed E-state index contributed by atoms with van der Waals surface area (Å²) in [4.78, 5) is 12.2. The summed E-state index contributed by atoms with van der Waals surface area (Å²) in [6.07, 6.45) is 7.67. The van der Waals surface area contributed by atoms with E-state index in [0.717, 1.165) is 12.0 Å². The van der Waals surface area contributed by atoms with Crippen LogP contribution in [0.2, 0.25) is 0 Å². The Kier molecular flexibility index (Phi) is 6.61. The third-order valence-electron chi connectivity index (χ3n) is 4.86. The summed E-state index contributed by atoms with van der Waals surface area (Å²) in [6, 6.07) is 9.30. The van der Waals surface area contributed by atoms with E-state index in [-0.39, 0.29) is 17.9 Å². The van der Waals surface area contributed by atoms with Gasteiger partial charge in [-0.1, -0.05) is 44.2 Å². The summed E-state index contributed by atoms with van der Waals surface area (Å²) >= 11 is 0. The van der Waals surface area contributed by atoms with Gasteiger partial charge in [-0.2, -0.15) is 5.26 Å². The van der Waals surface area contributed by atoms with Crippen LogP contribution in [0.15, 0.2) is 24.3 Å². The minimum absolute atomic E-state index is 0.198. The number of esters is 1. The number of nitrogens with zero attached hydrogens (tertiary/aromatic N) is 1. The molecule has 0 bridgehead atoms. The fourth-order valence-corrected chi connectivity index (χ4v) is 3.55. The normalized spacial score (nSPS) is 18.0. The number of ether oxygens (including phenoxy) is 1. The van der Waals surface area contributed by atoms with Crippen LogP contribution in [0.1, 0.15) is 49.7 Å². The topological polar surface area (TPSA) is 76.1 Å². The Balaban J connectivity index is 2.06. The Morgan fingerprint density at radius 2 is 2.13 bits per heavy atom. The molecule has 4 nitrogen and oxygen atoms in total. The molecule has 1 fully saturated rings. The number of methoxy groups -OCH3 is 1. The monoisotopic (exact) mass is 314 g/mol. The van der Waals surface area contributed by atoms with Crippen molar-refractivity contribution in [2.75, 3.05) is 7.11 Å². The molecule has 1 aromatic rings. The maximum absolute atomic E-state index is 12.2. The van der Waals surface area contributed by atoms with Crippen molar-refractivity contribution in [3.05, 3.63) is 35.4 Å². The largest absolute Gasteiger partial charge is 0.469 e. The average Bonchev–Trinajstić information content (AvgIpc) is 2.60. The lowest BCUT2D eigenvalue weighted by Gasteiger charge is -2.28. The second-order valence-electron chi connectivity index (χ2n) is 6.55. The van der Waals surface area contributed by atoms with Gasteiger partial charge < -0.3 is 10.5 Å². The number of benzene rings is 1. The van der Waals surface area contributed by atoms with Crippen molar-refractivity contribution in [3.63, 3.8) is 0 Å². The van der Waals surface area contributed by atoms with E-state index in [2.05, 4.69) is 6.07 Å². The molecule has 0 saturated heterocycles. The van der Waals surface area contributed by atoms with Crippen molar-refractivity contribution >= 4 is 5.97 Å². The molecular weight excluding hydrogens is 288 g/mol. The predicted octanol–water partition coefficient (Wildman–Crippen LogP) is 3.19. The Morgan fingerprint density at radius 3 is 2.78 bits per heavy atom. The molecule has 2 N–H and O–H groups in total. The SMILES string of the molecule is COC(=O)C(Cc1cccc(C#N)c1)C(N)CC1CCCCC1. The van der Waals surface area contributed by atoms with Crippen LogP contribution in [0, 0.1) is 23.2 Å². The van der Waals surface area contributed by atoms with Crippen LogP contribution in [0.3, 0.4) is 0 Å². The van der Waals surface area contributed by atoms with Crippen LogP contribution < -0.4 is 5.73 Å². The lowest BCUT2D eigenvalue weighted by atomic mass is 9.80. The first-order valence-corrected chi connectivity index (χ1v) is 8.46. The van der Waals surface area contributed by atoms with Gasteiger partial charge in [0, 0.05) is 6.04 Å². The molecule has 0 heterocycles. The molecular formula is C19H26N2O2. The van der Waals surface area contributed by atoms with Crippen molar-refractivity contribution in [3.8, 4) is 6.07 Å². The molecule has 4 heteroatoms. The van der Waals surface area contributed by atoms with Crippen LogP contribution in [-0.4, -0.2) is 19.1 Å². The van der Waals surface area contributed by atoms with Gasteiger partial charge >= 0.3 is 5.97 Å². The van der Waals surface area contributed by atoms with Gasteiger partial charge in [0.05, 0.1) is 24.7 Å². The fourth-order valence-electron chi connectivity index (χ4n) is 3.55. The maximum Gasteiger partial charge on any atom is 0.310 e. The van der Waals surface area contributed by atoms with Gasteiger partial charge in [-0.15, -0.1) is 0 Å². The average molecular weight is 314 g/mol. The quantitative estimate of drug-likeness (QED) is 0.818. The smallest absolute Gasteiger partial charge is 0.310 e. The van der Waals surface area contributed by atoms with Gasteiger partial charge in [-0.05, 0) is 36.5 Å². The van der Waals surface area contributed by atoms with Gasteiger partial charge in [0.15, 0.2) is 0 Å². The van der Waals surface area contributed by atoms with Gasteiger partial charge in [0.1, 0.15) is 0 Å². The highest BCUT2D eigenvalue weighted by atomic mass is 16.5. The number of hydrogen-bond donors (Lipinski definition) is 1. The van der Waals surface area contributed by atoms with Gasteiger partial charge in [0.25, 0.3) is 0 Å². The second-order valence-corrected chi connectivity index (χ2v) is 6.55. The van der Waals surface area contributed by atoms with Gasteiger partial charge in [-0.3, -0.25) is 4.79 Å². The van der Waals surface area contributed by atoms with E-state index in [1.165, 1.54) is 39.2 Å². The Bertz CT molecular complexity index is 559. The van der Waals surface area contributed by atoms with Crippen molar-refractivity contribution in [1.82, 2.24) is 0 Å². The fraction of sp³-hybridized carbons (Fsp3) is 0.579. The number of rotatable bonds is 6. The van der Waals surface area contributed by atoms with E-state index in [0.29, 0.717) is 17.9 Å². The highest BCUT2D eigenvalue weighted by Gasteiger charge is 2.29. The van der Waals surface area contributed by atoms with Gasteiger partial charge in [0.2, 0.25) is 0 Å². The number of hydrogen-bond acceptors (Lipinski definition) is 4. The molecule has 0 radical (unpaired) electrons. The predicted molar refractivity (Wildman–Crippen MR) is 89.5 cm³/mol. The number of carbonyl (C=O) groups is 1. The molecule has 1 aromatic carbocycles. The minimum atomic E-state index is -0.351. The Morgan fingerprint density at radius 1 is 1.39 bits per heavy atom. The molecule has 2 unspecified atom stereocenters. The van der Waals surface area contributed by atoms with Crippen molar-refractivity contribution in [2.24, 2.45) is 17.6 Å².